The van der Waals surface area contributed by atoms with Crippen molar-refractivity contribution in [2.45, 2.75) is 46.2 Å². The Balaban J connectivity index is 1.73. The van der Waals surface area contributed by atoms with Gasteiger partial charge in [0.15, 0.2) is 5.43 Å². The van der Waals surface area contributed by atoms with E-state index in [1.165, 1.54) is 11.3 Å². The van der Waals surface area contributed by atoms with E-state index in [1.807, 2.05) is 56.5 Å². The summed E-state index contributed by atoms with van der Waals surface area (Å²) in [4.78, 5) is 35.2. The fourth-order valence-electron chi connectivity index (χ4n) is 4.05. The van der Waals surface area contributed by atoms with E-state index in [2.05, 4.69) is 32.0 Å². The third-order valence-corrected chi connectivity index (χ3v) is 6.66. The maximum atomic E-state index is 13.4. The number of hydrogen-bond donors (Lipinski definition) is 1. The van der Waals surface area contributed by atoms with Crippen molar-refractivity contribution in [3.8, 4) is 0 Å². The standard InChI is InChI=1S/C27H28N4O2S/c1-18-15-25(32)26(27(33)29-19(2)23-17-34-20(3)30-23)24(10-9-21-7-5-4-6-8-21)31(18)16-22-11-13-28-14-12-22/h4-8,11-15,17,19H,9-10,16H2,1-3H3,(H,29,33)/t19-/m1/s1. The van der Waals surface area contributed by atoms with Gasteiger partial charge in [-0.25, -0.2) is 4.98 Å². The molecule has 0 spiro atoms. The van der Waals surface area contributed by atoms with Crippen molar-refractivity contribution in [1.82, 2.24) is 19.9 Å². The van der Waals surface area contributed by atoms with Crippen LogP contribution in [0.2, 0.25) is 0 Å². The zero-order valence-corrected chi connectivity index (χ0v) is 20.4. The number of thiazole rings is 1. The first kappa shape index (κ1) is 23.6. The summed E-state index contributed by atoms with van der Waals surface area (Å²) in [6.45, 7) is 6.29. The molecule has 1 amide bonds. The largest absolute Gasteiger partial charge is 0.344 e. The summed E-state index contributed by atoms with van der Waals surface area (Å²) in [6, 6.07) is 15.3. The van der Waals surface area contributed by atoms with E-state index in [1.54, 1.807) is 18.5 Å². The molecule has 3 heterocycles. The van der Waals surface area contributed by atoms with Gasteiger partial charge in [-0.1, -0.05) is 30.3 Å². The average Bonchev–Trinajstić information content (AvgIpc) is 3.27. The second-order valence-corrected chi connectivity index (χ2v) is 9.45. The van der Waals surface area contributed by atoms with Crippen molar-refractivity contribution >= 4 is 17.2 Å². The monoisotopic (exact) mass is 472 g/mol. The van der Waals surface area contributed by atoms with Crippen LogP contribution in [0.15, 0.2) is 71.1 Å². The Morgan fingerprint density at radius 1 is 1.06 bits per heavy atom. The molecule has 1 N–H and O–H groups in total. The highest BCUT2D eigenvalue weighted by Crippen LogP contribution is 2.19. The summed E-state index contributed by atoms with van der Waals surface area (Å²) < 4.78 is 2.08. The molecule has 0 aliphatic heterocycles. The van der Waals surface area contributed by atoms with Gasteiger partial charge in [0.2, 0.25) is 0 Å². The number of hydrogen-bond acceptors (Lipinski definition) is 5. The summed E-state index contributed by atoms with van der Waals surface area (Å²) in [5.41, 5.74) is 4.52. The molecule has 0 saturated carbocycles. The predicted molar refractivity (Wildman–Crippen MR) is 135 cm³/mol. The van der Waals surface area contributed by atoms with Crippen LogP contribution in [0, 0.1) is 13.8 Å². The van der Waals surface area contributed by atoms with Gasteiger partial charge >= 0.3 is 0 Å². The lowest BCUT2D eigenvalue weighted by Gasteiger charge is -2.21. The van der Waals surface area contributed by atoms with Crippen molar-refractivity contribution in [1.29, 1.82) is 0 Å². The molecular formula is C27H28N4O2S. The number of benzene rings is 1. The molecule has 1 atom stereocenters. The third-order valence-electron chi connectivity index (χ3n) is 5.86. The molecule has 4 aromatic rings. The van der Waals surface area contributed by atoms with E-state index in [0.29, 0.717) is 13.0 Å². The summed E-state index contributed by atoms with van der Waals surface area (Å²) in [5, 5.41) is 5.88. The SMILES string of the molecule is Cc1nc([C@@H](C)NC(=O)c2c(CCc3ccccc3)n(Cc3ccncc3)c(C)cc2=O)cs1. The van der Waals surface area contributed by atoms with Crippen LogP contribution in [0.1, 0.15) is 56.5 Å². The predicted octanol–water partition coefficient (Wildman–Crippen LogP) is 4.64. The van der Waals surface area contributed by atoms with Crippen molar-refractivity contribution in [2.24, 2.45) is 0 Å². The van der Waals surface area contributed by atoms with Crippen LogP contribution in [-0.2, 0) is 19.4 Å². The van der Waals surface area contributed by atoms with Crippen molar-refractivity contribution in [3.63, 3.8) is 0 Å². The van der Waals surface area contributed by atoms with E-state index in [4.69, 9.17) is 0 Å². The number of pyridine rings is 2. The molecule has 34 heavy (non-hydrogen) atoms. The number of nitrogens with zero attached hydrogens (tertiary/aromatic N) is 3. The van der Waals surface area contributed by atoms with Crippen molar-refractivity contribution in [2.75, 3.05) is 0 Å². The van der Waals surface area contributed by atoms with E-state index < -0.39 is 0 Å². The van der Waals surface area contributed by atoms with E-state index in [-0.39, 0.29) is 22.9 Å². The molecule has 0 radical (unpaired) electrons. The van der Waals surface area contributed by atoms with Crippen LogP contribution in [0.4, 0.5) is 0 Å². The number of amides is 1. The number of carbonyl (C=O) groups is 1. The number of carbonyl (C=O) groups excluding carboxylic acids is 1. The van der Waals surface area contributed by atoms with E-state index in [0.717, 1.165) is 39.6 Å². The van der Waals surface area contributed by atoms with Crippen LogP contribution in [0.3, 0.4) is 0 Å². The van der Waals surface area contributed by atoms with Gasteiger partial charge < -0.3 is 9.88 Å². The highest BCUT2D eigenvalue weighted by Gasteiger charge is 2.23. The molecule has 4 rings (SSSR count). The van der Waals surface area contributed by atoms with E-state index >= 15 is 0 Å². The average molecular weight is 473 g/mol. The molecule has 0 aliphatic rings. The highest BCUT2D eigenvalue weighted by atomic mass is 32.1. The molecule has 0 bridgehead atoms. The fourth-order valence-corrected chi connectivity index (χ4v) is 4.76. The Hall–Kier alpha value is -3.58. The molecule has 0 fully saturated rings. The van der Waals surface area contributed by atoms with Gasteiger partial charge in [0.05, 0.1) is 16.7 Å². The minimum Gasteiger partial charge on any atom is -0.344 e. The van der Waals surface area contributed by atoms with Gasteiger partial charge in [0.25, 0.3) is 5.91 Å². The van der Waals surface area contributed by atoms with Crippen LogP contribution in [0.25, 0.3) is 0 Å². The molecule has 0 aliphatic carbocycles. The first-order valence-electron chi connectivity index (χ1n) is 11.3. The molecule has 0 unspecified atom stereocenters. The van der Waals surface area contributed by atoms with E-state index in [9.17, 15) is 9.59 Å². The van der Waals surface area contributed by atoms with Crippen LogP contribution in [-0.4, -0.2) is 20.4 Å². The van der Waals surface area contributed by atoms with Gasteiger partial charge in [-0.2, -0.15) is 0 Å². The van der Waals surface area contributed by atoms with Crippen LogP contribution >= 0.6 is 11.3 Å². The lowest BCUT2D eigenvalue weighted by atomic mass is 10.0. The Morgan fingerprint density at radius 3 is 2.47 bits per heavy atom. The molecule has 6 nitrogen and oxygen atoms in total. The topological polar surface area (TPSA) is 76.9 Å². The number of rotatable bonds is 8. The summed E-state index contributed by atoms with van der Waals surface area (Å²) in [6.07, 6.45) is 4.80. The summed E-state index contributed by atoms with van der Waals surface area (Å²) in [7, 11) is 0. The number of aryl methyl sites for hydroxylation is 3. The zero-order chi connectivity index (χ0) is 24.1. The minimum atomic E-state index is -0.366. The first-order chi connectivity index (χ1) is 16.4. The minimum absolute atomic E-state index is 0.203. The molecule has 7 heteroatoms. The summed E-state index contributed by atoms with van der Waals surface area (Å²) >= 11 is 1.54. The van der Waals surface area contributed by atoms with Crippen LogP contribution < -0.4 is 10.7 Å². The molecule has 1 aromatic carbocycles. The van der Waals surface area contributed by atoms with Gasteiger partial charge in [0, 0.05) is 41.8 Å². The lowest BCUT2D eigenvalue weighted by Crippen LogP contribution is -2.34. The normalized spacial score (nSPS) is 11.9. The van der Waals surface area contributed by atoms with Gasteiger partial charge in [-0.15, -0.1) is 11.3 Å². The highest BCUT2D eigenvalue weighted by molar-refractivity contribution is 7.09. The Bertz CT molecular complexity index is 1330. The number of aromatic nitrogens is 3. The zero-order valence-electron chi connectivity index (χ0n) is 19.6. The quantitative estimate of drug-likeness (QED) is 0.405. The third kappa shape index (κ3) is 5.48. The van der Waals surface area contributed by atoms with Crippen molar-refractivity contribution in [3.05, 3.63) is 115 Å². The smallest absolute Gasteiger partial charge is 0.257 e. The van der Waals surface area contributed by atoms with Gasteiger partial charge in [-0.3, -0.25) is 14.6 Å². The Kier molecular flexibility index (Phi) is 7.33. The molecular weight excluding hydrogens is 444 g/mol. The summed E-state index contributed by atoms with van der Waals surface area (Å²) in [5.74, 6) is -0.366. The molecule has 3 aromatic heterocycles. The Labute approximate surface area is 203 Å². The van der Waals surface area contributed by atoms with Gasteiger partial charge in [-0.05, 0) is 56.9 Å². The van der Waals surface area contributed by atoms with Crippen molar-refractivity contribution < 1.29 is 4.79 Å². The number of nitrogens with one attached hydrogen (secondary N) is 1. The molecule has 174 valence electrons. The van der Waals surface area contributed by atoms with Crippen LogP contribution in [0.5, 0.6) is 0 Å². The lowest BCUT2D eigenvalue weighted by molar-refractivity contribution is 0.0936. The maximum absolute atomic E-state index is 13.4. The fraction of sp³-hybridized carbons (Fsp3) is 0.259. The second-order valence-electron chi connectivity index (χ2n) is 8.39. The van der Waals surface area contributed by atoms with Gasteiger partial charge in [0.1, 0.15) is 5.56 Å². The first-order valence-corrected chi connectivity index (χ1v) is 12.2. The Morgan fingerprint density at radius 2 is 1.79 bits per heavy atom. The second kappa shape index (κ2) is 10.6. The molecule has 0 saturated heterocycles. The maximum Gasteiger partial charge on any atom is 0.257 e.